The minimum Gasteiger partial charge on any atom is -0.384 e. The molecule has 4 heteroatoms. The Balaban J connectivity index is 1.39. The van der Waals surface area contributed by atoms with Crippen molar-refractivity contribution in [3.05, 3.63) is 72.2 Å². The highest BCUT2D eigenvalue weighted by atomic mass is 19.1. The lowest BCUT2D eigenvalue weighted by Gasteiger charge is -2.51. The summed E-state index contributed by atoms with van der Waals surface area (Å²) in [6, 6.07) is 16.3. The fraction of sp³-hybridized carbons (Fsp3) is 0.533. The molecule has 2 heterocycles. The van der Waals surface area contributed by atoms with Crippen molar-refractivity contribution in [3.63, 3.8) is 0 Å². The highest BCUT2D eigenvalue weighted by Crippen LogP contribution is 2.33. The predicted octanol–water partition coefficient (Wildman–Crippen LogP) is 6.47. The van der Waals surface area contributed by atoms with Gasteiger partial charge in [0.25, 0.3) is 0 Å². The Morgan fingerprint density at radius 1 is 1.09 bits per heavy atom. The smallest absolute Gasteiger partial charge is 0.131 e. The molecule has 0 spiro atoms. The fourth-order valence-electron chi connectivity index (χ4n) is 6.22. The Morgan fingerprint density at radius 3 is 2.41 bits per heavy atom. The first-order valence-corrected chi connectivity index (χ1v) is 12.9. The van der Waals surface area contributed by atoms with Gasteiger partial charge in [0.05, 0.1) is 0 Å². The van der Waals surface area contributed by atoms with E-state index >= 15 is 0 Å². The highest BCUT2D eigenvalue weighted by Gasteiger charge is 2.40. The Kier molecular flexibility index (Phi) is 7.21. The van der Waals surface area contributed by atoms with Gasteiger partial charge >= 0.3 is 0 Å². The van der Waals surface area contributed by atoms with Gasteiger partial charge in [-0.2, -0.15) is 0 Å². The van der Waals surface area contributed by atoms with Gasteiger partial charge < -0.3 is 10.6 Å². The number of hydrogen-bond donors (Lipinski definition) is 2. The van der Waals surface area contributed by atoms with Gasteiger partial charge in [-0.25, -0.2) is 4.39 Å². The molecular weight excluding hydrogens is 421 g/mol. The van der Waals surface area contributed by atoms with Gasteiger partial charge in [0, 0.05) is 46.9 Å². The van der Waals surface area contributed by atoms with E-state index in [1.165, 1.54) is 25.8 Å². The van der Waals surface area contributed by atoms with E-state index in [1.54, 1.807) is 6.07 Å². The molecule has 0 aromatic heterocycles. The lowest BCUT2D eigenvalue weighted by molar-refractivity contribution is 0.0467. The fourth-order valence-corrected chi connectivity index (χ4v) is 6.22. The van der Waals surface area contributed by atoms with Crippen LogP contribution in [0.1, 0.15) is 71.8 Å². The summed E-state index contributed by atoms with van der Waals surface area (Å²) in [5.74, 6) is -0.130. The Labute approximate surface area is 205 Å². The monoisotopic (exact) mass is 463 g/mol. The van der Waals surface area contributed by atoms with Crippen molar-refractivity contribution in [2.75, 3.05) is 13.1 Å². The Bertz CT molecular complexity index is 981. The average molecular weight is 464 g/mol. The lowest BCUT2D eigenvalue weighted by atomic mass is 9.78. The normalized spacial score (nSPS) is 23.9. The second kappa shape index (κ2) is 9.83. The van der Waals surface area contributed by atoms with Crippen LogP contribution >= 0.6 is 0 Å². The number of hydrogen-bond acceptors (Lipinski definition) is 3. The zero-order valence-corrected chi connectivity index (χ0v) is 21.6. The van der Waals surface area contributed by atoms with Crippen molar-refractivity contribution in [2.24, 2.45) is 0 Å². The van der Waals surface area contributed by atoms with E-state index in [1.807, 2.05) is 42.5 Å². The van der Waals surface area contributed by atoms with E-state index in [4.69, 9.17) is 0 Å². The van der Waals surface area contributed by atoms with E-state index < -0.39 is 0 Å². The maximum Gasteiger partial charge on any atom is 0.131 e. The number of rotatable bonds is 6. The molecule has 2 fully saturated rings. The number of piperidine rings is 2. The first kappa shape index (κ1) is 24.9. The zero-order valence-electron chi connectivity index (χ0n) is 21.6. The van der Waals surface area contributed by atoms with Crippen molar-refractivity contribution in [1.82, 2.24) is 15.5 Å². The largest absolute Gasteiger partial charge is 0.384 e. The molecule has 2 aromatic rings. The summed E-state index contributed by atoms with van der Waals surface area (Å²) in [6.45, 7) is 18.0. The van der Waals surface area contributed by atoms with E-state index in [-0.39, 0.29) is 22.8 Å². The average Bonchev–Trinajstić information content (AvgIpc) is 2.77. The first-order valence-electron chi connectivity index (χ1n) is 12.9. The first-order chi connectivity index (χ1) is 16.0. The molecule has 2 unspecified atom stereocenters. The molecule has 2 atom stereocenters. The number of nitrogens with one attached hydrogen (secondary N) is 2. The molecule has 2 aliphatic heterocycles. The molecule has 2 N–H and O–H groups in total. The molecule has 0 aliphatic carbocycles. The van der Waals surface area contributed by atoms with Crippen molar-refractivity contribution in [1.29, 1.82) is 0 Å². The van der Waals surface area contributed by atoms with Gasteiger partial charge in [0.1, 0.15) is 5.82 Å². The maximum atomic E-state index is 14.9. The molecule has 3 nitrogen and oxygen atoms in total. The molecule has 4 rings (SSSR count). The third-order valence-electron chi connectivity index (χ3n) is 7.63. The Hall–Kier alpha value is -2.17. The summed E-state index contributed by atoms with van der Waals surface area (Å²) >= 11 is 0. The highest BCUT2D eigenvalue weighted by molar-refractivity contribution is 5.64. The van der Waals surface area contributed by atoms with Crippen LogP contribution < -0.4 is 10.6 Å². The van der Waals surface area contributed by atoms with Gasteiger partial charge in [-0.05, 0) is 77.1 Å². The molecule has 184 valence electrons. The van der Waals surface area contributed by atoms with Crippen LogP contribution in [0.2, 0.25) is 0 Å². The summed E-state index contributed by atoms with van der Waals surface area (Å²) in [6.07, 6.45) is 4.70. The molecule has 2 saturated heterocycles. The topological polar surface area (TPSA) is 27.3 Å². The van der Waals surface area contributed by atoms with Crippen LogP contribution in [0.5, 0.6) is 0 Å². The Morgan fingerprint density at radius 2 is 1.76 bits per heavy atom. The third kappa shape index (κ3) is 5.90. The van der Waals surface area contributed by atoms with E-state index in [0.29, 0.717) is 17.6 Å². The van der Waals surface area contributed by atoms with Crippen molar-refractivity contribution < 1.29 is 4.39 Å². The molecule has 0 amide bonds. The van der Waals surface area contributed by atoms with Gasteiger partial charge in [-0.1, -0.05) is 56.0 Å². The van der Waals surface area contributed by atoms with Gasteiger partial charge in [0.2, 0.25) is 0 Å². The number of halogens is 1. The van der Waals surface area contributed by atoms with Crippen molar-refractivity contribution in [3.8, 4) is 11.1 Å². The molecular formula is C30H42FN3. The van der Waals surface area contributed by atoms with Crippen LogP contribution in [0.3, 0.4) is 0 Å². The van der Waals surface area contributed by atoms with Crippen molar-refractivity contribution >= 4 is 0 Å². The third-order valence-corrected chi connectivity index (χ3v) is 7.63. The zero-order chi connectivity index (χ0) is 24.5. The molecule has 2 aromatic carbocycles. The summed E-state index contributed by atoms with van der Waals surface area (Å²) in [7, 11) is 0. The van der Waals surface area contributed by atoms with Crippen LogP contribution in [0, 0.1) is 5.82 Å². The predicted molar refractivity (Wildman–Crippen MR) is 141 cm³/mol. The molecule has 34 heavy (non-hydrogen) atoms. The quantitative estimate of drug-likeness (QED) is 0.514. The standard InChI is InChI=1S/C30H42FN3/c1-21(24-14-15-27(28(31)17-24)23-11-8-7-9-12-23)22(2)32-25-13-10-16-34(20-25)26-18-29(3,4)33-30(5,6)19-26/h7-9,11-12,14-15,17,21,25-26,32-33H,2,10,13,16,18-20H2,1,3-6H3. The molecule has 0 radical (unpaired) electrons. The van der Waals surface area contributed by atoms with E-state index in [2.05, 4.69) is 56.7 Å². The molecule has 2 aliphatic rings. The van der Waals surface area contributed by atoms with Crippen LogP contribution in [0.4, 0.5) is 4.39 Å². The number of nitrogens with zero attached hydrogens (tertiary/aromatic N) is 1. The maximum absolute atomic E-state index is 14.9. The van der Waals surface area contributed by atoms with E-state index in [9.17, 15) is 4.39 Å². The van der Waals surface area contributed by atoms with Crippen LogP contribution in [0.25, 0.3) is 11.1 Å². The number of allylic oxidation sites excluding steroid dienone is 1. The molecule has 0 saturated carbocycles. The van der Waals surface area contributed by atoms with Crippen LogP contribution in [-0.2, 0) is 0 Å². The van der Waals surface area contributed by atoms with Crippen LogP contribution in [0.15, 0.2) is 60.8 Å². The summed E-state index contributed by atoms with van der Waals surface area (Å²) in [5.41, 5.74) is 3.80. The van der Waals surface area contributed by atoms with Gasteiger partial charge in [-0.3, -0.25) is 4.90 Å². The second-order valence-corrected chi connectivity index (χ2v) is 11.8. The summed E-state index contributed by atoms with van der Waals surface area (Å²) in [5, 5.41) is 7.53. The minimum atomic E-state index is -0.177. The second-order valence-electron chi connectivity index (χ2n) is 11.8. The van der Waals surface area contributed by atoms with Gasteiger partial charge in [0.15, 0.2) is 0 Å². The number of likely N-dealkylation sites (tertiary alicyclic amines) is 1. The van der Waals surface area contributed by atoms with Crippen molar-refractivity contribution in [2.45, 2.75) is 89.4 Å². The number of benzene rings is 2. The van der Waals surface area contributed by atoms with E-state index in [0.717, 1.165) is 29.8 Å². The SMILES string of the molecule is C=C(NC1CCCN(C2CC(C)(C)NC(C)(C)C2)C1)C(C)c1ccc(-c2ccccc2)c(F)c1. The molecule has 0 bridgehead atoms. The summed E-state index contributed by atoms with van der Waals surface area (Å²) < 4.78 is 14.9. The summed E-state index contributed by atoms with van der Waals surface area (Å²) in [4.78, 5) is 2.69. The van der Waals surface area contributed by atoms with Crippen LogP contribution in [-0.4, -0.2) is 41.2 Å². The lowest BCUT2D eigenvalue weighted by Crippen LogP contribution is -2.63. The van der Waals surface area contributed by atoms with Gasteiger partial charge in [-0.15, -0.1) is 0 Å². The minimum absolute atomic E-state index is 0.0476.